The van der Waals surface area contributed by atoms with Gasteiger partial charge in [0.25, 0.3) is 0 Å². The van der Waals surface area contributed by atoms with Gasteiger partial charge in [-0.3, -0.25) is 0 Å². The molecule has 0 amide bonds. The van der Waals surface area contributed by atoms with Crippen molar-refractivity contribution in [3.63, 3.8) is 0 Å². The fraction of sp³-hybridized carbons (Fsp3) is 0.647. The van der Waals surface area contributed by atoms with Gasteiger partial charge in [0, 0.05) is 12.6 Å². The molecule has 2 unspecified atom stereocenters. The number of ether oxygens (including phenoxy) is 1. The minimum absolute atomic E-state index is 0.238. The van der Waals surface area contributed by atoms with Crippen LogP contribution in [-0.4, -0.2) is 41.8 Å². The van der Waals surface area contributed by atoms with Crippen molar-refractivity contribution in [1.82, 2.24) is 4.90 Å². The fourth-order valence-corrected chi connectivity index (χ4v) is 2.96. The van der Waals surface area contributed by atoms with Gasteiger partial charge in [-0.15, -0.1) is 0 Å². The first-order chi connectivity index (χ1) is 10.1. The molecule has 2 aliphatic rings. The molecule has 21 heavy (non-hydrogen) atoms. The summed E-state index contributed by atoms with van der Waals surface area (Å²) in [5.74, 6) is 0.932. The van der Waals surface area contributed by atoms with Crippen molar-refractivity contribution in [2.45, 2.75) is 50.9 Å². The van der Waals surface area contributed by atoms with Crippen molar-refractivity contribution in [3.05, 3.63) is 29.3 Å². The van der Waals surface area contributed by atoms with Crippen molar-refractivity contribution in [2.75, 3.05) is 19.6 Å². The summed E-state index contributed by atoms with van der Waals surface area (Å²) in [5.41, 5.74) is 8.15. The Morgan fingerprint density at radius 1 is 1.33 bits per heavy atom. The zero-order valence-corrected chi connectivity index (χ0v) is 12.8. The second-order valence-electron chi connectivity index (χ2n) is 6.46. The first-order valence-electron chi connectivity index (χ1n) is 8.06. The normalized spacial score (nSPS) is 22.2. The molecule has 1 aromatic carbocycles. The van der Waals surface area contributed by atoms with E-state index in [1.165, 1.54) is 12.8 Å². The van der Waals surface area contributed by atoms with Gasteiger partial charge in [0.2, 0.25) is 0 Å². The standard InChI is InChI=1S/C17H26N2O2/c1-12-10-13(4-7-16(12)21-14-5-6-14)17(20)15(18)11-19-8-2-3-9-19/h4,7,10,14-15,17,20H,2-3,5-6,8-9,11,18H2,1H3. The predicted molar refractivity (Wildman–Crippen MR) is 83.4 cm³/mol. The average Bonchev–Trinajstić information content (AvgIpc) is 3.14. The van der Waals surface area contributed by atoms with E-state index in [1.807, 2.05) is 25.1 Å². The molecule has 1 aliphatic heterocycles. The molecule has 0 spiro atoms. The van der Waals surface area contributed by atoms with E-state index in [9.17, 15) is 5.11 Å². The molecule has 2 fully saturated rings. The highest BCUT2D eigenvalue weighted by Crippen LogP contribution is 2.30. The van der Waals surface area contributed by atoms with Crippen LogP contribution >= 0.6 is 0 Å². The molecule has 1 saturated heterocycles. The van der Waals surface area contributed by atoms with Crippen LogP contribution in [-0.2, 0) is 0 Å². The highest BCUT2D eigenvalue weighted by Gasteiger charge is 2.25. The van der Waals surface area contributed by atoms with Gasteiger partial charge in [0.15, 0.2) is 0 Å². The maximum Gasteiger partial charge on any atom is 0.122 e. The van der Waals surface area contributed by atoms with Crippen LogP contribution in [0.5, 0.6) is 5.75 Å². The summed E-state index contributed by atoms with van der Waals surface area (Å²) < 4.78 is 5.84. The monoisotopic (exact) mass is 290 g/mol. The number of hydrogen-bond donors (Lipinski definition) is 2. The van der Waals surface area contributed by atoms with E-state index in [0.717, 1.165) is 49.4 Å². The summed E-state index contributed by atoms with van der Waals surface area (Å²) in [7, 11) is 0. The van der Waals surface area contributed by atoms with Crippen LogP contribution in [0.3, 0.4) is 0 Å². The Morgan fingerprint density at radius 2 is 2.05 bits per heavy atom. The Bertz CT molecular complexity index is 482. The second kappa shape index (κ2) is 6.34. The Morgan fingerprint density at radius 3 is 2.67 bits per heavy atom. The van der Waals surface area contributed by atoms with Gasteiger partial charge in [0.1, 0.15) is 5.75 Å². The van der Waals surface area contributed by atoms with Crippen LogP contribution in [0.1, 0.15) is 42.9 Å². The van der Waals surface area contributed by atoms with Crippen molar-refractivity contribution in [2.24, 2.45) is 5.73 Å². The SMILES string of the molecule is Cc1cc(C(O)C(N)CN2CCCC2)ccc1OC1CC1. The molecule has 1 heterocycles. The molecule has 4 nitrogen and oxygen atoms in total. The molecule has 0 bridgehead atoms. The average molecular weight is 290 g/mol. The highest BCUT2D eigenvalue weighted by molar-refractivity contribution is 5.37. The number of rotatable bonds is 6. The molecule has 4 heteroatoms. The summed E-state index contributed by atoms with van der Waals surface area (Å²) in [6, 6.07) is 5.68. The fourth-order valence-electron chi connectivity index (χ4n) is 2.96. The highest BCUT2D eigenvalue weighted by atomic mass is 16.5. The molecule has 1 aromatic rings. The predicted octanol–water partition coefficient (Wildman–Crippen LogP) is 1.99. The van der Waals surface area contributed by atoms with E-state index < -0.39 is 6.10 Å². The lowest BCUT2D eigenvalue weighted by Gasteiger charge is -2.25. The first-order valence-corrected chi connectivity index (χ1v) is 8.06. The van der Waals surface area contributed by atoms with E-state index in [1.54, 1.807) is 0 Å². The summed E-state index contributed by atoms with van der Waals surface area (Å²) in [4.78, 5) is 2.34. The lowest BCUT2D eigenvalue weighted by Crippen LogP contribution is -2.40. The molecule has 1 saturated carbocycles. The Labute approximate surface area is 126 Å². The zero-order chi connectivity index (χ0) is 14.8. The lowest BCUT2D eigenvalue weighted by molar-refractivity contribution is 0.125. The third kappa shape index (κ3) is 3.76. The van der Waals surface area contributed by atoms with Gasteiger partial charge in [-0.05, 0) is 69.0 Å². The van der Waals surface area contributed by atoms with Crippen LogP contribution in [0.4, 0.5) is 0 Å². The van der Waals surface area contributed by atoms with Crippen LogP contribution in [0.25, 0.3) is 0 Å². The molecular weight excluding hydrogens is 264 g/mol. The number of aliphatic hydroxyl groups excluding tert-OH is 1. The third-order valence-electron chi connectivity index (χ3n) is 4.43. The lowest BCUT2D eigenvalue weighted by atomic mass is 10.00. The Kier molecular flexibility index (Phi) is 4.48. The topological polar surface area (TPSA) is 58.7 Å². The number of aryl methyl sites for hydroxylation is 1. The van der Waals surface area contributed by atoms with Crippen LogP contribution in [0.2, 0.25) is 0 Å². The summed E-state index contributed by atoms with van der Waals surface area (Å²) >= 11 is 0. The van der Waals surface area contributed by atoms with Crippen LogP contribution in [0.15, 0.2) is 18.2 Å². The van der Waals surface area contributed by atoms with Gasteiger partial charge >= 0.3 is 0 Å². The van der Waals surface area contributed by atoms with Gasteiger partial charge in [-0.25, -0.2) is 0 Å². The quantitative estimate of drug-likeness (QED) is 0.841. The minimum Gasteiger partial charge on any atom is -0.490 e. The summed E-state index contributed by atoms with van der Waals surface area (Å²) in [6.45, 7) is 5.00. The number of likely N-dealkylation sites (tertiary alicyclic amines) is 1. The molecule has 2 atom stereocenters. The smallest absolute Gasteiger partial charge is 0.122 e. The molecular formula is C17H26N2O2. The zero-order valence-electron chi connectivity index (χ0n) is 12.8. The van der Waals surface area contributed by atoms with Crippen LogP contribution < -0.4 is 10.5 Å². The number of nitrogens with two attached hydrogens (primary N) is 1. The van der Waals surface area contributed by atoms with Crippen molar-refractivity contribution < 1.29 is 9.84 Å². The number of aliphatic hydroxyl groups is 1. The van der Waals surface area contributed by atoms with Crippen molar-refractivity contribution in [3.8, 4) is 5.75 Å². The van der Waals surface area contributed by atoms with Crippen molar-refractivity contribution >= 4 is 0 Å². The largest absolute Gasteiger partial charge is 0.490 e. The molecule has 1 aliphatic carbocycles. The summed E-state index contributed by atoms with van der Waals surface area (Å²) in [5, 5.41) is 10.5. The number of benzene rings is 1. The second-order valence-corrected chi connectivity index (χ2v) is 6.46. The van der Waals surface area contributed by atoms with E-state index in [0.29, 0.717) is 6.10 Å². The first kappa shape index (κ1) is 14.8. The van der Waals surface area contributed by atoms with Gasteiger partial charge in [0.05, 0.1) is 12.2 Å². The van der Waals surface area contributed by atoms with Gasteiger partial charge in [-0.1, -0.05) is 6.07 Å². The maximum atomic E-state index is 10.5. The Balaban J connectivity index is 1.62. The number of nitrogens with zero attached hydrogens (tertiary/aromatic N) is 1. The van der Waals surface area contributed by atoms with E-state index in [2.05, 4.69) is 4.90 Å². The van der Waals surface area contributed by atoms with E-state index in [-0.39, 0.29) is 6.04 Å². The Hall–Kier alpha value is -1.10. The van der Waals surface area contributed by atoms with Crippen molar-refractivity contribution in [1.29, 1.82) is 0 Å². The van der Waals surface area contributed by atoms with Crippen LogP contribution in [0, 0.1) is 6.92 Å². The molecule has 3 N–H and O–H groups in total. The van der Waals surface area contributed by atoms with E-state index >= 15 is 0 Å². The molecule has 3 rings (SSSR count). The van der Waals surface area contributed by atoms with E-state index in [4.69, 9.17) is 10.5 Å². The molecule has 116 valence electrons. The number of hydrogen-bond acceptors (Lipinski definition) is 4. The molecule has 0 radical (unpaired) electrons. The van der Waals surface area contributed by atoms with Gasteiger partial charge < -0.3 is 20.5 Å². The molecule has 0 aromatic heterocycles. The third-order valence-corrected chi connectivity index (χ3v) is 4.43. The maximum absolute atomic E-state index is 10.5. The summed E-state index contributed by atoms with van der Waals surface area (Å²) in [6.07, 6.45) is 4.59. The minimum atomic E-state index is -0.612. The van der Waals surface area contributed by atoms with Gasteiger partial charge in [-0.2, -0.15) is 0 Å².